The molecular weight excluding hydrogens is 266 g/mol. The lowest BCUT2D eigenvalue weighted by Gasteiger charge is -2.23. The van der Waals surface area contributed by atoms with Crippen molar-refractivity contribution in [2.75, 3.05) is 6.54 Å². The molecule has 114 valence electrons. The molecule has 2 fully saturated rings. The fourth-order valence-electron chi connectivity index (χ4n) is 3.07. The van der Waals surface area contributed by atoms with Crippen molar-refractivity contribution in [3.63, 3.8) is 0 Å². The highest BCUT2D eigenvalue weighted by Gasteiger charge is 2.27. The van der Waals surface area contributed by atoms with Crippen LogP contribution in [0.2, 0.25) is 0 Å². The Morgan fingerprint density at radius 1 is 1.19 bits per heavy atom. The molecule has 1 aromatic carbocycles. The number of ether oxygens (including phenoxy) is 2. The van der Waals surface area contributed by atoms with E-state index in [2.05, 4.69) is 0 Å². The van der Waals surface area contributed by atoms with Crippen molar-refractivity contribution >= 4 is 6.09 Å². The minimum Gasteiger partial charge on any atom is -0.490 e. The van der Waals surface area contributed by atoms with Crippen LogP contribution in [-0.2, 0) is 11.3 Å². The van der Waals surface area contributed by atoms with Gasteiger partial charge in [-0.15, -0.1) is 0 Å². The van der Waals surface area contributed by atoms with Gasteiger partial charge in [0.25, 0.3) is 0 Å². The van der Waals surface area contributed by atoms with Crippen LogP contribution in [-0.4, -0.2) is 29.7 Å². The highest BCUT2D eigenvalue weighted by atomic mass is 16.6. The molecule has 1 saturated carbocycles. The Labute approximate surface area is 126 Å². The van der Waals surface area contributed by atoms with Gasteiger partial charge < -0.3 is 14.4 Å². The van der Waals surface area contributed by atoms with E-state index in [-0.39, 0.29) is 12.2 Å². The molecule has 21 heavy (non-hydrogen) atoms. The second kappa shape index (κ2) is 6.37. The lowest BCUT2D eigenvalue weighted by atomic mass is 9.98. The van der Waals surface area contributed by atoms with E-state index in [4.69, 9.17) is 9.47 Å². The summed E-state index contributed by atoms with van der Waals surface area (Å²) in [5.74, 6) is 0.933. The van der Waals surface area contributed by atoms with E-state index in [1.54, 1.807) is 4.90 Å². The van der Waals surface area contributed by atoms with Crippen LogP contribution in [0.4, 0.5) is 4.79 Å². The SMILES string of the molecule is CC1CN(Cc2ccc(OC3CCCCC3)cc2)C(=O)O1. The molecule has 3 rings (SSSR count). The first-order valence-electron chi connectivity index (χ1n) is 7.92. The molecule has 1 heterocycles. The number of hydrogen-bond acceptors (Lipinski definition) is 3. The van der Waals surface area contributed by atoms with E-state index >= 15 is 0 Å². The number of carbonyl (C=O) groups excluding carboxylic acids is 1. The summed E-state index contributed by atoms with van der Waals surface area (Å²) in [6.45, 7) is 3.19. The smallest absolute Gasteiger partial charge is 0.410 e. The Bertz CT molecular complexity index is 479. The quantitative estimate of drug-likeness (QED) is 0.847. The van der Waals surface area contributed by atoms with Gasteiger partial charge in [-0.3, -0.25) is 0 Å². The third-order valence-electron chi connectivity index (χ3n) is 4.19. The molecule has 0 spiro atoms. The predicted molar refractivity (Wildman–Crippen MR) is 80.3 cm³/mol. The maximum absolute atomic E-state index is 11.6. The van der Waals surface area contributed by atoms with Crippen molar-refractivity contribution in [3.8, 4) is 5.75 Å². The number of carbonyl (C=O) groups is 1. The fraction of sp³-hybridized carbons (Fsp3) is 0.588. The van der Waals surface area contributed by atoms with Gasteiger partial charge in [0, 0.05) is 6.54 Å². The topological polar surface area (TPSA) is 38.8 Å². The van der Waals surface area contributed by atoms with Gasteiger partial charge in [0.15, 0.2) is 0 Å². The highest BCUT2D eigenvalue weighted by Crippen LogP contribution is 2.24. The summed E-state index contributed by atoms with van der Waals surface area (Å²) < 4.78 is 11.1. The first-order chi connectivity index (χ1) is 10.2. The van der Waals surface area contributed by atoms with Crippen molar-refractivity contribution in [1.82, 2.24) is 4.90 Å². The van der Waals surface area contributed by atoms with Crippen LogP contribution in [0.3, 0.4) is 0 Å². The monoisotopic (exact) mass is 289 g/mol. The van der Waals surface area contributed by atoms with Crippen molar-refractivity contribution in [3.05, 3.63) is 29.8 Å². The van der Waals surface area contributed by atoms with Crippen LogP contribution >= 0.6 is 0 Å². The van der Waals surface area contributed by atoms with Crippen molar-refractivity contribution in [2.24, 2.45) is 0 Å². The molecule has 1 aliphatic carbocycles. The first-order valence-corrected chi connectivity index (χ1v) is 7.92. The zero-order chi connectivity index (χ0) is 14.7. The van der Waals surface area contributed by atoms with Crippen molar-refractivity contribution in [1.29, 1.82) is 0 Å². The molecule has 1 saturated heterocycles. The van der Waals surface area contributed by atoms with Crippen LogP contribution in [0.1, 0.15) is 44.6 Å². The maximum atomic E-state index is 11.6. The molecule has 4 heteroatoms. The average molecular weight is 289 g/mol. The number of benzene rings is 1. The van der Waals surface area contributed by atoms with E-state index in [1.165, 1.54) is 32.1 Å². The zero-order valence-electron chi connectivity index (χ0n) is 12.6. The summed E-state index contributed by atoms with van der Waals surface area (Å²) in [5.41, 5.74) is 1.11. The minimum atomic E-state index is -0.218. The van der Waals surface area contributed by atoms with E-state index in [9.17, 15) is 4.79 Å². The molecule has 1 amide bonds. The molecule has 4 nitrogen and oxygen atoms in total. The van der Waals surface area contributed by atoms with Crippen LogP contribution in [0.15, 0.2) is 24.3 Å². The molecular formula is C17H23NO3. The van der Waals surface area contributed by atoms with Gasteiger partial charge in [-0.05, 0) is 50.3 Å². The lowest BCUT2D eigenvalue weighted by Crippen LogP contribution is -2.24. The van der Waals surface area contributed by atoms with Gasteiger partial charge in [-0.25, -0.2) is 4.79 Å². The van der Waals surface area contributed by atoms with E-state index in [0.29, 0.717) is 19.2 Å². The Morgan fingerprint density at radius 3 is 2.52 bits per heavy atom. The standard InChI is InChI=1S/C17H23NO3/c1-13-11-18(17(19)20-13)12-14-7-9-16(10-8-14)21-15-5-3-2-4-6-15/h7-10,13,15H,2-6,11-12H2,1H3. The van der Waals surface area contributed by atoms with Gasteiger partial charge in [-0.2, -0.15) is 0 Å². The van der Waals surface area contributed by atoms with Crippen molar-refractivity contribution < 1.29 is 14.3 Å². The normalized spacial score (nSPS) is 23.2. The van der Waals surface area contributed by atoms with Crippen molar-refractivity contribution in [2.45, 2.75) is 57.8 Å². The predicted octanol–water partition coefficient (Wildman–Crippen LogP) is 3.74. The van der Waals surface area contributed by atoms with Crippen LogP contribution in [0, 0.1) is 0 Å². The average Bonchev–Trinajstić information content (AvgIpc) is 2.80. The second-order valence-corrected chi connectivity index (χ2v) is 6.10. The number of rotatable bonds is 4. The minimum absolute atomic E-state index is 0.00796. The van der Waals surface area contributed by atoms with Gasteiger partial charge >= 0.3 is 6.09 Å². The van der Waals surface area contributed by atoms with Gasteiger partial charge in [-0.1, -0.05) is 18.6 Å². The van der Waals surface area contributed by atoms with Crippen LogP contribution in [0.5, 0.6) is 5.75 Å². The molecule has 0 N–H and O–H groups in total. The Balaban J connectivity index is 1.55. The molecule has 0 bridgehead atoms. The Kier molecular flexibility index (Phi) is 4.32. The van der Waals surface area contributed by atoms with E-state index in [0.717, 1.165) is 11.3 Å². The summed E-state index contributed by atoms with van der Waals surface area (Å²) in [4.78, 5) is 13.3. The number of amides is 1. The van der Waals surface area contributed by atoms with E-state index in [1.807, 2.05) is 31.2 Å². The molecule has 1 atom stereocenters. The number of cyclic esters (lactones) is 1. The molecule has 1 aromatic rings. The van der Waals surface area contributed by atoms with Gasteiger partial charge in [0.2, 0.25) is 0 Å². The number of hydrogen-bond donors (Lipinski definition) is 0. The zero-order valence-corrected chi connectivity index (χ0v) is 12.6. The summed E-state index contributed by atoms with van der Waals surface area (Å²) in [5, 5.41) is 0. The molecule has 1 aliphatic heterocycles. The number of nitrogens with zero attached hydrogens (tertiary/aromatic N) is 1. The molecule has 0 aromatic heterocycles. The Morgan fingerprint density at radius 2 is 1.90 bits per heavy atom. The maximum Gasteiger partial charge on any atom is 0.410 e. The van der Waals surface area contributed by atoms with Gasteiger partial charge in [0.05, 0.1) is 12.6 Å². The highest BCUT2D eigenvalue weighted by molar-refractivity contribution is 5.69. The fourth-order valence-corrected chi connectivity index (χ4v) is 3.07. The second-order valence-electron chi connectivity index (χ2n) is 6.10. The summed E-state index contributed by atoms with van der Waals surface area (Å²) >= 11 is 0. The molecule has 2 aliphatic rings. The largest absolute Gasteiger partial charge is 0.490 e. The molecule has 0 radical (unpaired) electrons. The summed E-state index contributed by atoms with van der Waals surface area (Å²) in [6, 6.07) is 8.09. The third-order valence-corrected chi connectivity index (χ3v) is 4.19. The first kappa shape index (κ1) is 14.2. The molecule has 1 unspecified atom stereocenters. The lowest BCUT2D eigenvalue weighted by molar-refractivity contribution is 0.137. The Hall–Kier alpha value is -1.71. The van der Waals surface area contributed by atoms with E-state index < -0.39 is 0 Å². The summed E-state index contributed by atoms with van der Waals surface area (Å²) in [6.07, 6.45) is 6.37. The van der Waals surface area contributed by atoms with Crippen LogP contribution in [0.25, 0.3) is 0 Å². The van der Waals surface area contributed by atoms with Crippen LogP contribution < -0.4 is 4.74 Å². The van der Waals surface area contributed by atoms with Gasteiger partial charge in [0.1, 0.15) is 11.9 Å². The summed E-state index contributed by atoms with van der Waals surface area (Å²) in [7, 11) is 0. The third kappa shape index (κ3) is 3.69.